The Morgan fingerprint density at radius 3 is 2.94 bits per heavy atom. The van der Waals surface area contributed by atoms with Crippen LogP contribution in [0.5, 0.6) is 0 Å². The minimum atomic E-state index is 0.284. The van der Waals surface area contributed by atoms with Crippen molar-refractivity contribution in [2.45, 2.75) is 32.7 Å². The zero-order valence-electron chi connectivity index (χ0n) is 11.3. The van der Waals surface area contributed by atoms with Crippen molar-refractivity contribution in [2.75, 3.05) is 19.6 Å². The Kier molecular flexibility index (Phi) is 4.37. The van der Waals surface area contributed by atoms with E-state index in [1.165, 1.54) is 11.1 Å². The van der Waals surface area contributed by atoms with Crippen LogP contribution in [-0.2, 0) is 11.2 Å². The molecule has 18 heavy (non-hydrogen) atoms. The van der Waals surface area contributed by atoms with Crippen molar-refractivity contribution < 1.29 is 4.79 Å². The molecule has 1 heterocycles. The van der Waals surface area contributed by atoms with Crippen LogP contribution in [0.4, 0.5) is 0 Å². The maximum Gasteiger partial charge on any atom is 0.223 e. The molecule has 1 N–H and O–H groups in total. The highest BCUT2D eigenvalue weighted by Crippen LogP contribution is 2.12. The van der Waals surface area contributed by atoms with Crippen molar-refractivity contribution in [3.05, 3.63) is 35.4 Å². The second-order valence-electron chi connectivity index (χ2n) is 5.07. The number of carbonyl (C=O) groups excluding carboxylic acids is 1. The molecular formula is C15H22N2O. The molecule has 1 amide bonds. The molecule has 1 aliphatic rings. The predicted molar refractivity (Wildman–Crippen MR) is 73.5 cm³/mol. The van der Waals surface area contributed by atoms with Gasteiger partial charge in [-0.25, -0.2) is 0 Å². The summed E-state index contributed by atoms with van der Waals surface area (Å²) in [5.74, 6) is 0.284. The van der Waals surface area contributed by atoms with Gasteiger partial charge in [0.2, 0.25) is 5.91 Å². The number of nitrogens with one attached hydrogen (secondary N) is 1. The number of benzene rings is 1. The maximum atomic E-state index is 12.2. The van der Waals surface area contributed by atoms with Gasteiger partial charge < -0.3 is 10.2 Å². The van der Waals surface area contributed by atoms with E-state index in [1.807, 2.05) is 17.0 Å². The molecule has 98 valence electrons. The maximum absolute atomic E-state index is 12.2. The molecule has 0 bridgehead atoms. The minimum absolute atomic E-state index is 0.284. The van der Waals surface area contributed by atoms with E-state index in [0.29, 0.717) is 12.5 Å². The van der Waals surface area contributed by atoms with Gasteiger partial charge >= 0.3 is 0 Å². The van der Waals surface area contributed by atoms with Crippen LogP contribution in [0, 0.1) is 6.92 Å². The molecule has 1 aromatic rings. The summed E-state index contributed by atoms with van der Waals surface area (Å²) < 4.78 is 0. The number of piperazine rings is 1. The zero-order chi connectivity index (χ0) is 13.0. The fraction of sp³-hybridized carbons (Fsp3) is 0.533. The third-order valence-electron chi connectivity index (χ3n) is 3.69. The van der Waals surface area contributed by atoms with E-state index in [2.05, 4.69) is 31.3 Å². The zero-order valence-corrected chi connectivity index (χ0v) is 11.3. The highest BCUT2D eigenvalue weighted by atomic mass is 16.2. The van der Waals surface area contributed by atoms with Gasteiger partial charge in [-0.3, -0.25) is 4.79 Å². The molecule has 1 fully saturated rings. The van der Waals surface area contributed by atoms with Gasteiger partial charge in [0, 0.05) is 32.1 Å². The van der Waals surface area contributed by atoms with Gasteiger partial charge in [-0.1, -0.05) is 24.3 Å². The lowest BCUT2D eigenvalue weighted by Gasteiger charge is -2.34. The van der Waals surface area contributed by atoms with Crippen LogP contribution >= 0.6 is 0 Å². The fourth-order valence-corrected chi connectivity index (χ4v) is 2.49. The van der Waals surface area contributed by atoms with Crippen LogP contribution in [0.15, 0.2) is 24.3 Å². The molecular weight excluding hydrogens is 224 g/mol. The van der Waals surface area contributed by atoms with Crippen LogP contribution < -0.4 is 5.32 Å². The van der Waals surface area contributed by atoms with Crippen LogP contribution in [0.2, 0.25) is 0 Å². The first-order chi connectivity index (χ1) is 8.68. The molecule has 0 aromatic heterocycles. The van der Waals surface area contributed by atoms with Gasteiger partial charge in [-0.05, 0) is 31.4 Å². The smallest absolute Gasteiger partial charge is 0.223 e. The van der Waals surface area contributed by atoms with E-state index in [4.69, 9.17) is 0 Å². The van der Waals surface area contributed by atoms with Gasteiger partial charge in [0.05, 0.1) is 0 Å². The predicted octanol–water partition coefficient (Wildman–Crippen LogP) is 1.75. The van der Waals surface area contributed by atoms with Crippen LogP contribution in [-0.4, -0.2) is 36.5 Å². The Hall–Kier alpha value is -1.35. The van der Waals surface area contributed by atoms with E-state index >= 15 is 0 Å². The minimum Gasteiger partial charge on any atom is -0.337 e. The second kappa shape index (κ2) is 6.01. The largest absolute Gasteiger partial charge is 0.337 e. The normalized spacial score (nSPS) is 19.9. The summed E-state index contributed by atoms with van der Waals surface area (Å²) >= 11 is 0. The third kappa shape index (κ3) is 3.10. The number of rotatable bonds is 3. The van der Waals surface area contributed by atoms with E-state index in [0.717, 1.165) is 26.1 Å². The van der Waals surface area contributed by atoms with Crippen LogP contribution in [0.3, 0.4) is 0 Å². The van der Waals surface area contributed by atoms with E-state index < -0.39 is 0 Å². The first-order valence-electron chi connectivity index (χ1n) is 6.73. The summed E-state index contributed by atoms with van der Waals surface area (Å²) in [5.41, 5.74) is 2.56. The van der Waals surface area contributed by atoms with Crippen molar-refractivity contribution in [1.82, 2.24) is 10.2 Å². The molecule has 1 unspecified atom stereocenters. The number of carbonyl (C=O) groups is 1. The topological polar surface area (TPSA) is 32.3 Å². The molecule has 0 aliphatic carbocycles. The van der Waals surface area contributed by atoms with E-state index in [-0.39, 0.29) is 5.91 Å². The summed E-state index contributed by atoms with van der Waals surface area (Å²) in [6.45, 7) is 6.88. The number of nitrogens with zero attached hydrogens (tertiary/aromatic N) is 1. The molecule has 3 heteroatoms. The lowest BCUT2D eigenvalue weighted by atomic mass is 10.0. The van der Waals surface area contributed by atoms with Crippen LogP contribution in [0.1, 0.15) is 24.5 Å². The molecule has 1 saturated heterocycles. The summed E-state index contributed by atoms with van der Waals surface area (Å²) in [7, 11) is 0. The Labute approximate surface area is 109 Å². The number of aryl methyl sites for hydroxylation is 2. The van der Waals surface area contributed by atoms with Crippen molar-refractivity contribution in [3.8, 4) is 0 Å². The highest BCUT2D eigenvalue weighted by molar-refractivity contribution is 5.77. The van der Waals surface area contributed by atoms with Gasteiger partial charge in [0.25, 0.3) is 0 Å². The van der Waals surface area contributed by atoms with Gasteiger partial charge in [0.1, 0.15) is 0 Å². The van der Waals surface area contributed by atoms with E-state index in [9.17, 15) is 4.79 Å². The number of amides is 1. The Morgan fingerprint density at radius 1 is 1.44 bits per heavy atom. The molecule has 1 atom stereocenters. The molecule has 1 aliphatic heterocycles. The number of hydrogen-bond donors (Lipinski definition) is 1. The summed E-state index contributed by atoms with van der Waals surface area (Å²) in [6, 6.07) is 8.62. The van der Waals surface area contributed by atoms with Crippen molar-refractivity contribution in [3.63, 3.8) is 0 Å². The molecule has 0 radical (unpaired) electrons. The number of hydrogen-bond acceptors (Lipinski definition) is 2. The second-order valence-corrected chi connectivity index (χ2v) is 5.07. The Balaban J connectivity index is 1.90. The lowest BCUT2D eigenvalue weighted by molar-refractivity contribution is -0.133. The van der Waals surface area contributed by atoms with Crippen molar-refractivity contribution in [1.29, 1.82) is 0 Å². The standard InChI is InChI=1S/C15H22N2O/c1-12-5-3-4-6-14(12)7-8-15(18)17-10-9-16-11-13(17)2/h3-6,13,16H,7-11H2,1-2H3. The highest BCUT2D eigenvalue weighted by Gasteiger charge is 2.22. The summed E-state index contributed by atoms with van der Waals surface area (Å²) in [4.78, 5) is 14.2. The SMILES string of the molecule is Cc1ccccc1CCC(=O)N1CCNCC1C. The molecule has 0 spiro atoms. The summed E-state index contributed by atoms with van der Waals surface area (Å²) in [5, 5.41) is 3.31. The monoisotopic (exact) mass is 246 g/mol. The lowest BCUT2D eigenvalue weighted by Crippen LogP contribution is -2.52. The Bertz CT molecular complexity index is 417. The average Bonchev–Trinajstić information content (AvgIpc) is 2.38. The quantitative estimate of drug-likeness (QED) is 0.881. The summed E-state index contributed by atoms with van der Waals surface area (Å²) in [6.07, 6.45) is 1.47. The first kappa shape index (κ1) is 13.1. The average molecular weight is 246 g/mol. The van der Waals surface area contributed by atoms with Gasteiger partial charge in [-0.2, -0.15) is 0 Å². The molecule has 1 aromatic carbocycles. The molecule has 0 saturated carbocycles. The third-order valence-corrected chi connectivity index (χ3v) is 3.69. The Morgan fingerprint density at radius 2 is 2.22 bits per heavy atom. The van der Waals surface area contributed by atoms with E-state index in [1.54, 1.807) is 0 Å². The molecule has 2 rings (SSSR count). The van der Waals surface area contributed by atoms with Crippen LogP contribution in [0.25, 0.3) is 0 Å². The molecule has 3 nitrogen and oxygen atoms in total. The van der Waals surface area contributed by atoms with Gasteiger partial charge in [-0.15, -0.1) is 0 Å². The van der Waals surface area contributed by atoms with Gasteiger partial charge in [0.15, 0.2) is 0 Å². The first-order valence-corrected chi connectivity index (χ1v) is 6.73. The van der Waals surface area contributed by atoms with Crippen molar-refractivity contribution >= 4 is 5.91 Å². The van der Waals surface area contributed by atoms with Crippen molar-refractivity contribution in [2.24, 2.45) is 0 Å². The fourth-order valence-electron chi connectivity index (χ4n) is 2.49.